The average Bonchev–Trinajstić information content (AvgIpc) is 3.42. The quantitative estimate of drug-likeness (QED) is 0.403. The Morgan fingerprint density at radius 2 is 1.82 bits per heavy atom. The fourth-order valence-electron chi connectivity index (χ4n) is 6.41. The van der Waals surface area contributed by atoms with Crippen molar-refractivity contribution in [2.24, 2.45) is 5.41 Å². The number of benzene rings is 1. The molecule has 8 nitrogen and oxygen atoms in total. The summed E-state index contributed by atoms with van der Waals surface area (Å²) in [5, 5.41) is 3.06. The minimum atomic E-state index is -0.618. The van der Waals surface area contributed by atoms with Crippen LogP contribution in [0.2, 0.25) is 0 Å². The van der Waals surface area contributed by atoms with Crippen molar-refractivity contribution < 1.29 is 8.78 Å². The Labute approximate surface area is 219 Å². The van der Waals surface area contributed by atoms with Gasteiger partial charge in [0, 0.05) is 62.4 Å². The second kappa shape index (κ2) is 8.78. The molecule has 1 atom stereocenters. The summed E-state index contributed by atoms with van der Waals surface area (Å²) in [6.07, 6.45) is 4.72. The van der Waals surface area contributed by atoms with Gasteiger partial charge in [0.15, 0.2) is 11.6 Å². The van der Waals surface area contributed by atoms with Gasteiger partial charge in [-0.3, -0.25) is 4.90 Å². The van der Waals surface area contributed by atoms with E-state index in [0.29, 0.717) is 27.8 Å². The van der Waals surface area contributed by atoms with Crippen molar-refractivity contribution in [1.29, 1.82) is 0 Å². The van der Waals surface area contributed by atoms with Gasteiger partial charge in [-0.1, -0.05) is 13.0 Å². The topological polar surface area (TPSA) is 75.0 Å². The summed E-state index contributed by atoms with van der Waals surface area (Å²) in [5.74, 6) is 0.526. The number of likely N-dealkylation sites (tertiary alicyclic amines) is 2. The number of hydrogen-bond acceptors (Lipinski definition) is 7. The number of imidazole rings is 1. The minimum Gasteiger partial charge on any atom is -0.325 e. The molecule has 1 N–H and O–H groups in total. The molecule has 1 spiro atoms. The molecule has 2 fully saturated rings. The van der Waals surface area contributed by atoms with E-state index in [-0.39, 0.29) is 17.7 Å². The Morgan fingerprint density at radius 3 is 2.58 bits per heavy atom. The van der Waals surface area contributed by atoms with Crippen LogP contribution in [0.15, 0.2) is 36.7 Å². The molecule has 196 valence electrons. The zero-order chi connectivity index (χ0) is 26.0. The number of aryl methyl sites for hydroxylation is 1. The van der Waals surface area contributed by atoms with Crippen molar-refractivity contribution in [3.05, 3.63) is 59.7 Å². The minimum absolute atomic E-state index is 0.0328. The van der Waals surface area contributed by atoms with Crippen molar-refractivity contribution in [3.8, 4) is 11.3 Å². The van der Waals surface area contributed by atoms with E-state index in [0.717, 1.165) is 56.6 Å². The van der Waals surface area contributed by atoms with Crippen LogP contribution < -0.4 is 5.32 Å². The molecule has 0 amide bonds. The summed E-state index contributed by atoms with van der Waals surface area (Å²) in [4.78, 5) is 22.4. The largest absolute Gasteiger partial charge is 0.325 e. The number of aromatic nitrogens is 5. The van der Waals surface area contributed by atoms with Crippen LogP contribution in [0.4, 0.5) is 20.5 Å². The van der Waals surface area contributed by atoms with Gasteiger partial charge in [-0.15, -0.1) is 0 Å². The number of nitrogens with one attached hydrogen (secondary N) is 1. The average molecular weight is 517 g/mol. The van der Waals surface area contributed by atoms with E-state index in [2.05, 4.69) is 48.9 Å². The van der Waals surface area contributed by atoms with Gasteiger partial charge in [0.25, 0.3) is 0 Å². The molecule has 10 heteroatoms. The molecule has 0 saturated carbocycles. The molecule has 3 aliphatic heterocycles. The SMILES string of the molecule is CCN1CC2(C1)CN(Cc1ccc(Nc3ncc(F)c(-c4cc(F)c5nc6n(c5c4)[C@H](C)CC6)n3)nc1)C2. The Bertz CT molecular complexity index is 1520. The van der Waals surface area contributed by atoms with E-state index >= 15 is 0 Å². The van der Waals surface area contributed by atoms with E-state index in [1.54, 1.807) is 6.07 Å². The van der Waals surface area contributed by atoms with Crippen molar-refractivity contribution >= 4 is 22.8 Å². The first kappa shape index (κ1) is 23.6. The Kier molecular flexibility index (Phi) is 5.45. The Morgan fingerprint density at radius 1 is 1.00 bits per heavy atom. The molecule has 3 aromatic heterocycles. The maximum absolute atomic E-state index is 15.0. The van der Waals surface area contributed by atoms with Gasteiger partial charge < -0.3 is 14.8 Å². The standard InChI is InChI=1S/C28H30F2N8/c1-3-36-13-28(14-36)15-37(16-28)12-18-5-6-23(31-10-18)33-27-32-11-21(30)25(35-27)19-8-20(29)26-22(9-19)38-17(2)4-7-24(38)34-26/h5-6,8-11,17H,3-4,7,12-16H2,1-2H3,(H,31,32,33,35)/t17-/m1/s1. The lowest BCUT2D eigenvalue weighted by Gasteiger charge is -2.60. The van der Waals surface area contributed by atoms with Crippen LogP contribution >= 0.6 is 0 Å². The summed E-state index contributed by atoms with van der Waals surface area (Å²) in [5.41, 5.74) is 3.01. The van der Waals surface area contributed by atoms with Crippen molar-refractivity contribution in [2.75, 3.05) is 38.0 Å². The zero-order valence-corrected chi connectivity index (χ0v) is 21.6. The lowest BCUT2D eigenvalue weighted by atomic mass is 9.73. The third-order valence-electron chi connectivity index (χ3n) is 8.22. The zero-order valence-electron chi connectivity index (χ0n) is 21.6. The van der Waals surface area contributed by atoms with Crippen LogP contribution in [0.3, 0.4) is 0 Å². The summed E-state index contributed by atoms with van der Waals surface area (Å²) in [6.45, 7) is 11.0. The molecule has 2 saturated heterocycles. The van der Waals surface area contributed by atoms with Gasteiger partial charge in [0.05, 0.1) is 11.7 Å². The highest BCUT2D eigenvalue weighted by molar-refractivity contribution is 5.83. The third kappa shape index (κ3) is 3.94. The number of halogens is 2. The first-order valence-corrected chi connectivity index (χ1v) is 13.3. The first-order valence-electron chi connectivity index (χ1n) is 13.3. The highest BCUT2D eigenvalue weighted by Crippen LogP contribution is 2.40. The van der Waals surface area contributed by atoms with Gasteiger partial charge >= 0.3 is 0 Å². The fourth-order valence-corrected chi connectivity index (χ4v) is 6.41. The monoisotopic (exact) mass is 516 g/mol. The molecule has 0 aliphatic carbocycles. The summed E-state index contributed by atoms with van der Waals surface area (Å²) in [6, 6.07) is 7.19. The molecule has 1 aromatic carbocycles. The van der Waals surface area contributed by atoms with Crippen LogP contribution in [-0.2, 0) is 13.0 Å². The summed E-state index contributed by atoms with van der Waals surface area (Å²) < 4.78 is 31.8. The number of fused-ring (bicyclic) bond motifs is 3. The molecular weight excluding hydrogens is 486 g/mol. The lowest BCUT2D eigenvalue weighted by Crippen LogP contribution is -2.71. The van der Waals surface area contributed by atoms with Crippen LogP contribution in [-0.4, -0.2) is 67.0 Å². The summed E-state index contributed by atoms with van der Waals surface area (Å²) in [7, 11) is 0. The van der Waals surface area contributed by atoms with Crippen LogP contribution in [0, 0.1) is 17.0 Å². The highest BCUT2D eigenvalue weighted by atomic mass is 19.1. The van der Waals surface area contributed by atoms with Gasteiger partial charge in [-0.2, -0.15) is 0 Å². The maximum Gasteiger partial charge on any atom is 0.229 e. The van der Waals surface area contributed by atoms with Crippen molar-refractivity contribution in [3.63, 3.8) is 0 Å². The normalized spacial score (nSPS) is 20.5. The third-order valence-corrected chi connectivity index (χ3v) is 8.22. The van der Waals surface area contributed by atoms with Gasteiger partial charge in [0.2, 0.25) is 5.95 Å². The van der Waals surface area contributed by atoms with Gasteiger partial charge in [-0.25, -0.2) is 28.7 Å². The van der Waals surface area contributed by atoms with E-state index in [1.165, 1.54) is 19.2 Å². The Hall–Kier alpha value is -3.50. The Balaban J connectivity index is 1.07. The van der Waals surface area contributed by atoms with Gasteiger partial charge in [-0.05, 0) is 43.7 Å². The number of hydrogen-bond donors (Lipinski definition) is 1. The fraction of sp³-hybridized carbons (Fsp3) is 0.429. The molecule has 3 aliphatic rings. The predicted octanol–water partition coefficient (Wildman–Crippen LogP) is 4.55. The van der Waals surface area contributed by atoms with Crippen LogP contribution in [0.25, 0.3) is 22.3 Å². The van der Waals surface area contributed by atoms with Crippen molar-refractivity contribution in [2.45, 2.75) is 39.3 Å². The molecule has 7 rings (SSSR count). The molecule has 0 unspecified atom stereocenters. The smallest absolute Gasteiger partial charge is 0.229 e. The van der Waals surface area contributed by atoms with Crippen LogP contribution in [0.1, 0.15) is 37.7 Å². The lowest BCUT2D eigenvalue weighted by molar-refractivity contribution is -0.116. The molecule has 0 radical (unpaired) electrons. The van der Waals surface area contributed by atoms with E-state index in [1.807, 2.05) is 22.9 Å². The molecule has 0 bridgehead atoms. The van der Waals surface area contributed by atoms with Crippen LogP contribution in [0.5, 0.6) is 0 Å². The predicted molar refractivity (Wildman–Crippen MR) is 141 cm³/mol. The number of nitrogens with zero attached hydrogens (tertiary/aromatic N) is 7. The van der Waals surface area contributed by atoms with E-state index in [4.69, 9.17) is 0 Å². The second-order valence-electron chi connectivity index (χ2n) is 11.1. The van der Waals surface area contributed by atoms with E-state index < -0.39 is 11.6 Å². The highest BCUT2D eigenvalue weighted by Gasteiger charge is 2.50. The second-order valence-corrected chi connectivity index (χ2v) is 11.1. The van der Waals surface area contributed by atoms with Crippen molar-refractivity contribution in [1.82, 2.24) is 34.3 Å². The molecule has 38 heavy (non-hydrogen) atoms. The number of anilines is 2. The molecule has 4 aromatic rings. The number of rotatable bonds is 6. The number of pyridine rings is 1. The van der Waals surface area contributed by atoms with E-state index in [9.17, 15) is 8.78 Å². The summed E-state index contributed by atoms with van der Waals surface area (Å²) >= 11 is 0. The molecular formula is C28H30F2N8. The van der Waals surface area contributed by atoms with Gasteiger partial charge in [0.1, 0.15) is 22.9 Å². The first-order chi connectivity index (χ1) is 18.4. The molecule has 6 heterocycles. The maximum atomic E-state index is 15.0.